The number of hydrogen-bond donors (Lipinski definition) is 1. The Hall–Kier alpha value is -2.15. The Kier molecular flexibility index (Phi) is 4.52. The molecule has 1 N–H and O–H groups in total. The van der Waals surface area contributed by atoms with E-state index in [2.05, 4.69) is 10.4 Å². The van der Waals surface area contributed by atoms with Crippen molar-refractivity contribution in [3.63, 3.8) is 0 Å². The summed E-state index contributed by atoms with van der Waals surface area (Å²) in [5.74, 6) is -0.785. The summed E-state index contributed by atoms with van der Waals surface area (Å²) in [6.45, 7) is 0. The highest BCUT2D eigenvalue weighted by atomic mass is 32.1. The minimum Gasteiger partial charge on any atom is -0.467 e. The molecule has 7 heteroatoms. The van der Waals surface area contributed by atoms with Gasteiger partial charge in [0.05, 0.1) is 19.2 Å². The maximum Gasteiger partial charge on any atom is 0.334 e. The number of rotatable bonds is 5. The van der Waals surface area contributed by atoms with E-state index in [1.54, 1.807) is 24.0 Å². The van der Waals surface area contributed by atoms with E-state index in [1.165, 1.54) is 18.4 Å². The molecule has 6 nitrogen and oxygen atoms in total. The van der Waals surface area contributed by atoms with Crippen LogP contribution >= 0.6 is 11.3 Å². The first-order chi connectivity index (χ1) is 9.60. The van der Waals surface area contributed by atoms with Crippen LogP contribution in [0.4, 0.5) is 0 Å². The number of aromatic nitrogens is 2. The number of carbonyl (C=O) groups is 2. The fourth-order valence-corrected chi connectivity index (χ4v) is 2.42. The van der Waals surface area contributed by atoms with Gasteiger partial charge in [0.15, 0.2) is 6.04 Å². The summed E-state index contributed by atoms with van der Waals surface area (Å²) in [7, 11) is 3.02. The van der Waals surface area contributed by atoms with Gasteiger partial charge in [0.25, 0.3) is 0 Å². The normalized spacial score (nSPS) is 11.9. The molecule has 2 heterocycles. The molecule has 20 heavy (non-hydrogen) atoms. The van der Waals surface area contributed by atoms with Gasteiger partial charge in [-0.1, -0.05) is 0 Å². The van der Waals surface area contributed by atoms with Crippen LogP contribution in [0.2, 0.25) is 0 Å². The van der Waals surface area contributed by atoms with Crippen LogP contribution in [0, 0.1) is 0 Å². The van der Waals surface area contributed by atoms with Crippen molar-refractivity contribution in [2.45, 2.75) is 12.5 Å². The predicted molar refractivity (Wildman–Crippen MR) is 74.1 cm³/mol. The van der Waals surface area contributed by atoms with Crippen molar-refractivity contribution < 1.29 is 14.3 Å². The van der Waals surface area contributed by atoms with Gasteiger partial charge in [0, 0.05) is 13.2 Å². The van der Waals surface area contributed by atoms with Crippen molar-refractivity contribution in [3.05, 3.63) is 40.3 Å². The molecule has 0 saturated heterocycles. The Balaban J connectivity index is 2.08. The maximum atomic E-state index is 12.0. The fourth-order valence-electron chi connectivity index (χ4n) is 1.75. The molecule has 0 aliphatic heterocycles. The number of thiophene rings is 1. The molecule has 1 unspecified atom stereocenters. The first-order valence-corrected chi connectivity index (χ1v) is 6.92. The summed E-state index contributed by atoms with van der Waals surface area (Å²) in [6.07, 6.45) is 1.93. The Morgan fingerprint density at radius 2 is 2.30 bits per heavy atom. The van der Waals surface area contributed by atoms with Gasteiger partial charge in [0.2, 0.25) is 5.91 Å². The minimum atomic E-state index is -0.882. The van der Waals surface area contributed by atoms with Crippen LogP contribution in [0.15, 0.2) is 29.1 Å². The Bertz CT molecular complexity index is 592. The first kappa shape index (κ1) is 14.3. The lowest BCUT2D eigenvalue weighted by atomic mass is 10.2. The zero-order valence-corrected chi connectivity index (χ0v) is 12.0. The van der Waals surface area contributed by atoms with Gasteiger partial charge >= 0.3 is 5.97 Å². The van der Waals surface area contributed by atoms with Gasteiger partial charge in [0.1, 0.15) is 0 Å². The summed E-state index contributed by atoms with van der Waals surface area (Å²) in [4.78, 5) is 23.7. The molecular formula is C13H15N3O3S. The molecule has 0 aliphatic rings. The van der Waals surface area contributed by atoms with Crippen molar-refractivity contribution in [2.24, 2.45) is 7.05 Å². The number of nitrogens with one attached hydrogen (secondary N) is 1. The summed E-state index contributed by atoms with van der Waals surface area (Å²) < 4.78 is 6.28. The summed E-state index contributed by atoms with van der Waals surface area (Å²) >= 11 is 1.52. The number of methoxy groups -OCH3 is 1. The van der Waals surface area contributed by atoms with Crippen molar-refractivity contribution in [3.8, 4) is 0 Å². The zero-order chi connectivity index (χ0) is 14.5. The first-order valence-electron chi connectivity index (χ1n) is 5.98. The highest BCUT2D eigenvalue weighted by molar-refractivity contribution is 7.07. The van der Waals surface area contributed by atoms with E-state index in [0.717, 1.165) is 5.56 Å². The molecule has 0 spiro atoms. The number of nitrogens with zero attached hydrogens (tertiary/aromatic N) is 2. The van der Waals surface area contributed by atoms with E-state index >= 15 is 0 Å². The number of amides is 1. The Morgan fingerprint density at radius 3 is 2.85 bits per heavy atom. The average Bonchev–Trinajstić information content (AvgIpc) is 3.06. The van der Waals surface area contributed by atoms with E-state index in [4.69, 9.17) is 4.74 Å². The van der Waals surface area contributed by atoms with E-state index in [0.29, 0.717) is 5.69 Å². The van der Waals surface area contributed by atoms with Crippen LogP contribution in [-0.2, 0) is 27.8 Å². The Morgan fingerprint density at radius 1 is 1.50 bits per heavy atom. The largest absolute Gasteiger partial charge is 0.467 e. The smallest absolute Gasteiger partial charge is 0.334 e. The molecule has 0 radical (unpaired) electrons. The molecule has 2 aromatic heterocycles. The molecule has 0 saturated carbocycles. The standard InChI is InChI=1S/C13H15N3O3S/c1-16-5-3-10(15-16)12(13(18)19-2)14-11(17)7-9-4-6-20-8-9/h3-6,8,12H,7H2,1-2H3,(H,14,17). The van der Waals surface area contributed by atoms with Crippen LogP contribution < -0.4 is 5.32 Å². The van der Waals surface area contributed by atoms with Gasteiger partial charge < -0.3 is 10.1 Å². The SMILES string of the molecule is COC(=O)C(NC(=O)Cc1ccsc1)c1ccn(C)n1. The summed E-state index contributed by atoms with van der Waals surface area (Å²) in [5.41, 5.74) is 1.37. The van der Waals surface area contributed by atoms with Crippen molar-refractivity contribution in [1.82, 2.24) is 15.1 Å². The van der Waals surface area contributed by atoms with Crippen molar-refractivity contribution in [2.75, 3.05) is 7.11 Å². The molecule has 0 fully saturated rings. The Labute approximate surface area is 120 Å². The molecule has 1 atom stereocenters. The molecule has 0 aliphatic carbocycles. The molecule has 1 amide bonds. The van der Waals surface area contributed by atoms with Crippen LogP contribution in [0.5, 0.6) is 0 Å². The molecule has 2 rings (SSSR count). The predicted octanol–water partition coefficient (Wildman–Crippen LogP) is 1.05. The van der Waals surface area contributed by atoms with Gasteiger partial charge in [-0.3, -0.25) is 9.48 Å². The lowest BCUT2D eigenvalue weighted by Gasteiger charge is -2.14. The van der Waals surface area contributed by atoms with Crippen LogP contribution in [-0.4, -0.2) is 28.8 Å². The topological polar surface area (TPSA) is 73.2 Å². The minimum absolute atomic E-state index is 0.226. The average molecular weight is 293 g/mol. The number of ether oxygens (including phenoxy) is 1. The lowest BCUT2D eigenvalue weighted by Crippen LogP contribution is -2.35. The molecular weight excluding hydrogens is 278 g/mol. The third-order valence-corrected chi connectivity index (χ3v) is 3.45. The van der Waals surface area contributed by atoms with E-state index in [-0.39, 0.29) is 12.3 Å². The number of hydrogen-bond acceptors (Lipinski definition) is 5. The van der Waals surface area contributed by atoms with Crippen molar-refractivity contribution >= 4 is 23.2 Å². The number of aryl methyl sites for hydroxylation is 1. The van der Waals surface area contributed by atoms with E-state index in [9.17, 15) is 9.59 Å². The monoisotopic (exact) mass is 293 g/mol. The van der Waals surface area contributed by atoms with Crippen molar-refractivity contribution in [1.29, 1.82) is 0 Å². The molecule has 0 bridgehead atoms. The van der Waals surface area contributed by atoms with E-state index < -0.39 is 12.0 Å². The summed E-state index contributed by atoms with van der Waals surface area (Å²) in [5, 5.41) is 10.6. The number of carbonyl (C=O) groups excluding carboxylic acids is 2. The van der Waals surface area contributed by atoms with Gasteiger partial charge in [-0.25, -0.2) is 4.79 Å². The molecule has 106 valence electrons. The third-order valence-electron chi connectivity index (χ3n) is 2.72. The van der Waals surface area contributed by atoms with Gasteiger partial charge in [-0.15, -0.1) is 0 Å². The van der Waals surface area contributed by atoms with E-state index in [1.807, 2.05) is 16.8 Å². The van der Waals surface area contributed by atoms with Crippen LogP contribution in [0.25, 0.3) is 0 Å². The molecule has 2 aromatic rings. The highest BCUT2D eigenvalue weighted by Crippen LogP contribution is 2.13. The molecule has 0 aromatic carbocycles. The lowest BCUT2D eigenvalue weighted by molar-refractivity contribution is -0.145. The fraction of sp³-hybridized carbons (Fsp3) is 0.308. The second-order valence-corrected chi connectivity index (χ2v) is 5.03. The second kappa shape index (κ2) is 6.33. The van der Waals surface area contributed by atoms with Gasteiger partial charge in [-0.2, -0.15) is 16.4 Å². The highest BCUT2D eigenvalue weighted by Gasteiger charge is 2.25. The number of esters is 1. The zero-order valence-electron chi connectivity index (χ0n) is 11.2. The maximum absolute atomic E-state index is 12.0. The van der Waals surface area contributed by atoms with Crippen LogP contribution in [0.1, 0.15) is 17.3 Å². The van der Waals surface area contributed by atoms with Gasteiger partial charge in [-0.05, 0) is 28.5 Å². The second-order valence-electron chi connectivity index (χ2n) is 4.25. The summed E-state index contributed by atoms with van der Waals surface area (Å²) in [6, 6.07) is 2.66. The third kappa shape index (κ3) is 3.45. The van der Waals surface area contributed by atoms with Crippen LogP contribution in [0.3, 0.4) is 0 Å². The quantitative estimate of drug-likeness (QED) is 0.836.